The number of nitrogens with two attached hydrogens (primary N) is 1. The van der Waals surface area contributed by atoms with Crippen LogP contribution in [-0.4, -0.2) is 47.9 Å². The second-order valence-electron chi connectivity index (χ2n) is 7.05. The zero-order valence-electron chi connectivity index (χ0n) is 14.7. The molecule has 2 aromatic heterocycles. The van der Waals surface area contributed by atoms with Gasteiger partial charge < -0.3 is 10.5 Å². The zero-order valence-corrected chi connectivity index (χ0v) is 17.1. The van der Waals surface area contributed by atoms with Crippen molar-refractivity contribution in [2.24, 2.45) is 10.7 Å². The Balaban J connectivity index is 1.80. The molecule has 7 nitrogen and oxygen atoms in total. The number of aliphatic imine (C=N–C) groups is 1. The summed E-state index contributed by atoms with van der Waals surface area (Å²) in [5.41, 5.74) is 6.05. The molecule has 27 heavy (non-hydrogen) atoms. The average molecular weight is 427 g/mol. The van der Waals surface area contributed by atoms with Crippen LogP contribution < -0.4 is 5.73 Å². The Kier molecular flexibility index (Phi) is 4.53. The first-order chi connectivity index (χ1) is 12.8. The Labute approximate surface area is 166 Å². The molecule has 1 spiro atoms. The maximum absolute atomic E-state index is 13.3. The Morgan fingerprint density at radius 3 is 2.56 bits per heavy atom. The third-order valence-electron chi connectivity index (χ3n) is 5.22. The van der Waals surface area contributed by atoms with Gasteiger partial charge in [0.25, 0.3) is 0 Å². The van der Waals surface area contributed by atoms with E-state index in [1.807, 2.05) is 0 Å². The van der Waals surface area contributed by atoms with Crippen LogP contribution in [-0.2, 0) is 20.1 Å². The van der Waals surface area contributed by atoms with Crippen LogP contribution in [0.5, 0.6) is 0 Å². The molecule has 2 aliphatic rings. The molecule has 0 aromatic carbocycles. The normalized spacial score (nSPS) is 26.7. The Hall–Kier alpha value is -1.55. The van der Waals surface area contributed by atoms with Gasteiger partial charge in [-0.3, -0.25) is 4.99 Å². The first-order valence-electron chi connectivity index (χ1n) is 8.48. The molecule has 0 bridgehead atoms. The monoisotopic (exact) mass is 426 g/mol. The molecule has 0 aliphatic carbocycles. The van der Waals surface area contributed by atoms with Crippen molar-refractivity contribution in [2.45, 2.75) is 30.1 Å². The number of amidine groups is 1. The molecule has 0 saturated carbocycles. The second-order valence-corrected chi connectivity index (χ2v) is 10.8. The number of hydrogen-bond acceptors (Lipinski definition) is 8. The zero-order chi connectivity index (χ0) is 19.3. The van der Waals surface area contributed by atoms with Gasteiger partial charge in [-0.15, -0.1) is 11.3 Å². The fourth-order valence-corrected chi connectivity index (χ4v) is 7.83. The fourth-order valence-electron chi connectivity index (χ4n) is 3.76. The molecule has 0 radical (unpaired) electrons. The van der Waals surface area contributed by atoms with Gasteiger partial charge in [-0.2, -0.15) is 0 Å². The van der Waals surface area contributed by atoms with E-state index in [0.29, 0.717) is 36.0 Å². The second kappa shape index (κ2) is 6.51. The lowest BCUT2D eigenvalue weighted by atomic mass is 9.95. The van der Waals surface area contributed by atoms with Crippen LogP contribution in [0.15, 0.2) is 29.8 Å². The molecular formula is C17H19ClN4O3S2. The van der Waals surface area contributed by atoms with Crippen molar-refractivity contribution in [3.63, 3.8) is 0 Å². The van der Waals surface area contributed by atoms with Crippen molar-refractivity contribution in [1.82, 2.24) is 9.97 Å². The number of nitrogens with zero attached hydrogens (tertiary/aromatic N) is 3. The third kappa shape index (κ3) is 2.97. The van der Waals surface area contributed by atoms with E-state index in [1.165, 1.54) is 17.7 Å². The van der Waals surface area contributed by atoms with Crippen LogP contribution in [0.2, 0.25) is 5.02 Å². The molecule has 2 aliphatic heterocycles. The number of thiophene rings is 1. The average Bonchev–Trinajstić information content (AvgIpc) is 3.04. The lowest BCUT2D eigenvalue weighted by Gasteiger charge is -2.43. The van der Waals surface area contributed by atoms with Crippen LogP contribution in [0, 0.1) is 0 Å². The van der Waals surface area contributed by atoms with Gasteiger partial charge in [0, 0.05) is 36.0 Å². The van der Waals surface area contributed by atoms with Crippen LogP contribution in [0.3, 0.4) is 0 Å². The van der Waals surface area contributed by atoms with Crippen molar-refractivity contribution in [3.8, 4) is 10.4 Å². The summed E-state index contributed by atoms with van der Waals surface area (Å²) in [7, 11) is -3.54. The molecule has 10 heteroatoms. The SMILES string of the molecule is C[C@@]1(c2sc(-c3cncnc3)cc2Cl)CS(=O)(=O)C2(CCOCC2)C(N)=N1. The topological polar surface area (TPSA) is 108 Å². The molecule has 2 N–H and O–H groups in total. The predicted octanol–water partition coefficient (Wildman–Crippen LogP) is 2.41. The van der Waals surface area contributed by atoms with Gasteiger partial charge in [0.2, 0.25) is 0 Å². The van der Waals surface area contributed by atoms with Crippen LogP contribution >= 0.6 is 22.9 Å². The maximum Gasteiger partial charge on any atom is 0.166 e. The number of halogens is 1. The molecule has 4 rings (SSSR count). The highest BCUT2D eigenvalue weighted by atomic mass is 35.5. The van der Waals surface area contributed by atoms with Crippen molar-refractivity contribution in [3.05, 3.63) is 34.7 Å². The summed E-state index contributed by atoms with van der Waals surface area (Å²) in [6.07, 6.45) is 5.51. The summed E-state index contributed by atoms with van der Waals surface area (Å²) in [5.74, 6) is 0.0275. The number of aromatic nitrogens is 2. The number of rotatable bonds is 2. The highest BCUT2D eigenvalue weighted by molar-refractivity contribution is 7.93. The summed E-state index contributed by atoms with van der Waals surface area (Å²) >= 11 is 7.87. The number of ether oxygens (including phenoxy) is 1. The van der Waals surface area contributed by atoms with E-state index < -0.39 is 20.1 Å². The summed E-state index contributed by atoms with van der Waals surface area (Å²) in [6, 6.07) is 1.79. The van der Waals surface area contributed by atoms with Crippen molar-refractivity contribution < 1.29 is 13.2 Å². The minimum absolute atomic E-state index is 0.133. The highest BCUT2D eigenvalue weighted by Crippen LogP contribution is 2.47. The quantitative estimate of drug-likeness (QED) is 0.789. The summed E-state index contributed by atoms with van der Waals surface area (Å²) < 4.78 is 30.8. The summed E-state index contributed by atoms with van der Waals surface area (Å²) in [6.45, 7) is 2.50. The molecule has 0 amide bonds. The van der Waals surface area contributed by atoms with Crippen LogP contribution in [0.1, 0.15) is 24.6 Å². The smallest absolute Gasteiger partial charge is 0.166 e. The lowest BCUT2D eigenvalue weighted by molar-refractivity contribution is 0.0875. The lowest BCUT2D eigenvalue weighted by Crippen LogP contribution is -2.60. The molecule has 1 atom stereocenters. The maximum atomic E-state index is 13.3. The van der Waals surface area contributed by atoms with Gasteiger partial charge in [-0.05, 0) is 25.8 Å². The van der Waals surface area contributed by atoms with Gasteiger partial charge >= 0.3 is 0 Å². The summed E-state index contributed by atoms with van der Waals surface area (Å²) in [4.78, 5) is 14.3. The minimum atomic E-state index is -3.54. The predicted molar refractivity (Wildman–Crippen MR) is 106 cm³/mol. The minimum Gasteiger partial charge on any atom is -0.386 e. The Morgan fingerprint density at radius 2 is 1.93 bits per heavy atom. The molecule has 144 valence electrons. The van der Waals surface area contributed by atoms with E-state index in [-0.39, 0.29) is 11.6 Å². The number of hydrogen-bond donors (Lipinski definition) is 1. The van der Waals surface area contributed by atoms with E-state index in [9.17, 15) is 8.42 Å². The van der Waals surface area contributed by atoms with Gasteiger partial charge in [0.15, 0.2) is 9.84 Å². The third-order valence-corrected chi connectivity index (χ3v) is 9.82. The van der Waals surface area contributed by atoms with Gasteiger partial charge in [-0.25, -0.2) is 18.4 Å². The Morgan fingerprint density at radius 1 is 1.26 bits per heavy atom. The first kappa shape index (κ1) is 18.8. The van der Waals surface area contributed by atoms with E-state index in [4.69, 9.17) is 22.1 Å². The van der Waals surface area contributed by atoms with Crippen LogP contribution in [0.25, 0.3) is 10.4 Å². The first-order valence-corrected chi connectivity index (χ1v) is 11.3. The van der Waals surface area contributed by atoms with Crippen molar-refractivity contribution in [1.29, 1.82) is 0 Å². The molecule has 1 saturated heterocycles. The van der Waals surface area contributed by atoms with E-state index in [2.05, 4.69) is 15.0 Å². The summed E-state index contributed by atoms with van der Waals surface area (Å²) in [5, 5.41) is 0.469. The van der Waals surface area contributed by atoms with Crippen molar-refractivity contribution in [2.75, 3.05) is 19.0 Å². The fraction of sp³-hybridized carbons (Fsp3) is 0.471. The molecule has 2 aromatic rings. The van der Waals surface area contributed by atoms with Crippen molar-refractivity contribution >= 4 is 38.6 Å². The van der Waals surface area contributed by atoms with Gasteiger partial charge in [0.05, 0.1) is 15.7 Å². The molecule has 0 unspecified atom stereocenters. The van der Waals surface area contributed by atoms with Crippen LogP contribution in [0.4, 0.5) is 0 Å². The Bertz CT molecular complexity index is 1000. The van der Waals surface area contributed by atoms with Gasteiger partial charge in [0.1, 0.15) is 22.4 Å². The molecule has 4 heterocycles. The highest BCUT2D eigenvalue weighted by Gasteiger charge is 2.55. The van der Waals surface area contributed by atoms with Gasteiger partial charge in [-0.1, -0.05) is 11.6 Å². The standard InChI is InChI=1S/C17H19ClN4O3S2/c1-16(14-12(18)6-13(26-14)11-7-20-10-21-8-11)9-27(23,24)17(15(19)22-16)2-4-25-5-3-17/h6-8,10H,2-5,9H2,1H3,(H2,19,22)/t16-/m0/s1. The van der Waals surface area contributed by atoms with E-state index >= 15 is 0 Å². The molecule has 1 fully saturated rings. The van der Waals surface area contributed by atoms with E-state index in [1.54, 1.807) is 25.4 Å². The largest absolute Gasteiger partial charge is 0.386 e. The van der Waals surface area contributed by atoms with E-state index in [0.717, 1.165) is 10.4 Å². The number of sulfone groups is 1. The molecular weight excluding hydrogens is 408 g/mol.